The Morgan fingerprint density at radius 1 is 0.446 bits per heavy atom. The molecule has 3 aromatic heterocycles. The second kappa shape index (κ2) is 11.4. The summed E-state index contributed by atoms with van der Waals surface area (Å²) in [4.78, 5) is 15.7. The van der Waals surface area contributed by atoms with Crippen LogP contribution in [0.4, 0.5) is 0 Å². The molecule has 0 spiro atoms. The van der Waals surface area contributed by atoms with Gasteiger partial charge in [-0.15, -0.1) is 0 Å². The molecule has 11 aromatic rings. The molecule has 0 bridgehead atoms. The molecule has 0 saturated carbocycles. The van der Waals surface area contributed by atoms with Crippen LogP contribution >= 0.6 is 0 Å². The summed E-state index contributed by atoms with van der Waals surface area (Å²) in [5, 5.41) is 10.6. The van der Waals surface area contributed by atoms with Gasteiger partial charge in [-0.3, -0.25) is 4.57 Å². The van der Waals surface area contributed by atoms with Gasteiger partial charge < -0.3 is 0 Å². The minimum absolute atomic E-state index is 0.228. The lowest BCUT2D eigenvalue weighted by Crippen LogP contribution is -2.17. The summed E-state index contributed by atoms with van der Waals surface area (Å²) in [6.45, 7) is 4.63. The Kier molecular flexibility index (Phi) is 6.37. The van der Waals surface area contributed by atoms with Gasteiger partial charge >= 0.3 is 0 Å². The van der Waals surface area contributed by atoms with E-state index in [-0.39, 0.29) is 5.41 Å². The zero-order valence-electron chi connectivity index (χ0n) is 31.0. The molecule has 0 amide bonds. The fourth-order valence-electron chi connectivity index (χ4n) is 9.66. The molecule has 0 fully saturated rings. The molecule has 0 radical (unpaired) electrons. The lowest BCUT2D eigenvalue weighted by Gasteiger charge is -2.24. The van der Waals surface area contributed by atoms with Crippen molar-refractivity contribution in [2.75, 3.05) is 0 Å². The van der Waals surface area contributed by atoms with Gasteiger partial charge in [-0.05, 0) is 102 Å². The third-order valence-corrected chi connectivity index (χ3v) is 12.2. The molecular formula is C52H34N4. The molecule has 8 aromatic carbocycles. The number of benzene rings is 8. The monoisotopic (exact) mass is 714 g/mol. The lowest BCUT2D eigenvalue weighted by atomic mass is 9.80. The third kappa shape index (κ3) is 4.32. The fourth-order valence-corrected chi connectivity index (χ4v) is 9.66. The first-order valence-electron chi connectivity index (χ1n) is 19.3. The van der Waals surface area contributed by atoms with Crippen molar-refractivity contribution in [1.82, 2.24) is 19.5 Å². The van der Waals surface area contributed by atoms with Crippen molar-refractivity contribution in [3.63, 3.8) is 0 Å². The number of hydrogen-bond acceptors (Lipinski definition) is 3. The first-order chi connectivity index (χ1) is 27.5. The molecule has 0 atom stereocenters. The van der Waals surface area contributed by atoms with Crippen molar-refractivity contribution >= 4 is 65.2 Å². The number of aromatic nitrogens is 4. The molecule has 12 rings (SSSR count). The van der Waals surface area contributed by atoms with E-state index in [1.807, 2.05) is 12.3 Å². The molecule has 4 nitrogen and oxygen atoms in total. The van der Waals surface area contributed by atoms with Crippen LogP contribution in [0, 0.1) is 0 Å². The van der Waals surface area contributed by atoms with Gasteiger partial charge in [0, 0.05) is 27.9 Å². The normalized spacial score (nSPS) is 13.3. The van der Waals surface area contributed by atoms with E-state index in [0.717, 1.165) is 33.4 Å². The first-order valence-corrected chi connectivity index (χ1v) is 19.3. The Morgan fingerprint density at radius 2 is 1.12 bits per heavy atom. The molecule has 1 aliphatic carbocycles. The molecule has 0 N–H and O–H groups in total. The molecule has 0 aliphatic heterocycles. The minimum atomic E-state index is -0.228. The van der Waals surface area contributed by atoms with E-state index in [1.54, 1.807) is 0 Å². The van der Waals surface area contributed by atoms with E-state index in [1.165, 1.54) is 70.9 Å². The van der Waals surface area contributed by atoms with Crippen LogP contribution in [0.5, 0.6) is 0 Å². The van der Waals surface area contributed by atoms with E-state index in [0.29, 0.717) is 11.5 Å². The van der Waals surface area contributed by atoms with Crippen molar-refractivity contribution < 1.29 is 0 Å². The largest absolute Gasteiger partial charge is 0.293 e. The molecular weight excluding hydrogens is 681 g/mol. The highest BCUT2D eigenvalue weighted by Crippen LogP contribution is 2.52. The third-order valence-electron chi connectivity index (χ3n) is 12.2. The Labute approximate surface area is 323 Å². The number of fused-ring (bicyclic) bond motifs is 11. The molecule has 0 unspecified atom stereocenters. The van der Waals surface area contributed by atoms with Crippen molar-refractivity contribution in [3.8, 4) is 39.5 Å². The van der Waals surface area contributed by atoms with Crippen LogP contribution in [0.15, 0.2) is 170 Å². The molecule has 1 aliphatic rings. The average Bonchev–Trinajstić information content (AvgIpc) is 3.69. The van der Waals surface area contributed by atoms with Crippen LogP contribution in [0.3, 0.4) is 0 Å². The van der Waals surface area contributed by atoms with Gasteiger partial charge in [0.05, 0.1) is 16.4 Å². The second-order valence-corrected chi connectivity index (χ2v) is 15.6. The van der Waals surface area contributed by atoms with Crippen LogP contribution in [0.25, 0.3) is 105 Å². The van der Waals surface area contributed by atoms with E-state index in [2.05, 4.69) is 176 Å². The Hall–Kier alpha value is -7.17. The van der Waals surface area contributed by atoms with Gasteiger partial charge in [0.1, 0.15) is 0 Å². The summed E-state index contributed by atoms with van der Waals surface area (Å²) >= 11 is 0. The zero-order chi connectivity index (χ0) is 37.1. The fraction of sp³-hybridized carbons (Fsp3) is 0.0577. The molecule has 4 heteroatoms. The molecule has 56 heavy (non-hydrogen) atoms. The number of rotatable bonds is 3. The van der Waals surface area contributed by atoms with Crippen molar-refractivity contribution in [2.24, 2.45) is 0 Å². The van der Waals surface area contributed by atoms with Gasteiger partial charge in [-0.2, -0.15) is 0 Å². The van der Waals surface area contributed by atoms with Gasteiger partial charge in [0.2, 0.25) is 0 Å². The van der Waals surface area contributed by atoms with E-state index in [4.69, 9.17) is 15.0 Å². The van der Waals surface area contributed by atoms with E-state index < -0.39 is 0 Å². The SMILES string of the molecule is CC1(C)c2ccccc2-c2cccc(-c3nc(-n4c5cc(-c6cc7ccccc7c7ccccc67)ccc5c5cc6ccccc6cc54)c4cccnc4n3)c21. The first kappa shape index (κ1) is 31.2. The smallest absolute Gasteiger partial charge is 0.165 e. The Morgan fingerprint density at radius 3 is 2.00 bits per heavy atom. The number of nitrogens with zero attached hydrogens (tertiary/aromatic N) is 4. The lowest BCUT2D eigenvalue weighted by molar-refractivity contribution is 0.661. The van der Waals surface area contributed by atoms with Gasteiger partial charge in [-0.25, -0.2) is 15.0 Å². The summed E-state index contributed by atoms with van der Waals surface area (Å²) in [5.74, 6) is 1.50. The maximum absolute atomic E-state index is 5.60. The predicted octanol–water partition coefficient (Wildman–Crippen LogP) is 13.2. The summed E-state index contributed by atoms with van der Waals surface area (Å²) in [7, 11) is 0. The minimum Gasteiger partial charge on any atom is -0.293 e. The summed E-state index contributed by atoms with van der Waals surface area (Å²) in [5.41, 5.74) is 11.1. The summed E-state index contributed by atoms with van der Waals surface area (Å²) in [6, 6.07) is 59.5. The number of hydrogen-bond donors (Lipinski definition) is 0. The van der Waals surface area contributed by atoms with Crippen LogP contribution in [0.2, 0.25) is 0 Å². The second-order valence-electron chi connectivity index (χ2n) is 15.6. The van der Waals surface area contributed by atoms with Crippen LogP contribution in [-0.2, 0) is 5.41 Å². The standard InChI is InChI=1S/C52H34N4/c1-52(2)45-23-10-9-19-38(45)40-20-11-21-41(48(40)52)50-54-49-42(22-12-26-53-49)51(55-50)56-46-30-34(24-25-39(46)44-27-31-13-3-4-14-32(31)29-47(44)56)43-28-33-15-5-6-16-35(33)36-17-7-8-18-37(36)43/h3-30H,1-2H3. The molecule has 3 heterocycles. The van der Waals surface area contributed by atoms with Gasteiger partial charge in [0.15, 0.2) is 17.3 Å². The van der Waals surface area contributed by atoms with E-state index >= 15 is 0 Å². The molecule has 0 saturated heterocycles. The maximum atomic E-state index is 5.60. The highest BCUT2D eigenvalue weighted by atomic mass is 15.1. The Bertz CT molecular complexity index is 3460. The van der Waals surface area contributed by atoms with Gasteiger partial charge in [-0.1, -0.05) is 141 Å². The van der Waals surface area contributed by atoms with E-state index in [9.17, 15) is 0 Å². The average molecular weight is 715 g/mol. The van der Waals surface area contributed by atoms with Crippen LogP contribution < -0.4 is 0 Å². The summed E-state index contributed by atoms with van der Waals surface area (Å²) in [6.07, 6.45) is 1.83. The van der Waals surface area contributed by atoms with Gasteiger partial charge in [0.25, 0.3) is 0 Å². The van der Waals surface area contributed by atoms with Crippen LogP contribution in [-0.4, -0.2) is 19.5 Å². The highest BCUT2D eigenvalue weighted by Gasteiger charge is 2.38. The maximum Gasteiger partial charge on any atom is 0.165 e. The Balaban J connectivity index is 1.19. The van der Waals surface area contributed by atoms with Crippen molar-refractivity contribution in [1.29, 1.82) is 0 Å². The van der Waals surface area contributed by atoms with Crippen molar-refractivity contribution in [2.45, 2.75) is 19.3 Å². The number of pyridine rings is 1. The topological polar surface area (TPSA) is 43.6 Å². The van der Waals surface area contributed by atoms with Crippen LogP contribution in [0.1, 0.15) is 25.0 Å². The van der Waals surface area contributed by atoms with Crippen molar-refractivity contribution in [3.05, 3.63) is 181 Å². The summed E-state index contributed by atoms with van der Waals surface area (Å²) < 4.78 is 2.36. The quantitative estimate of drug-likeness (QED) is 0.171. The predicted molar refractivity (Wildman–Crippen MR) is 233 cm³/mol. The zero-order valence-corrected chi connectivity index (χ0v) is 31.0. The highest BCUT2D eigenvalue weighted by molar-refractivity contribution is 6.17. The molecule has 262 valence electrons.